The Bertz CT molecular complexity index is 1190. The summed E-state index contributed by atoms with van der Waals surface area (Å²) in [6, 6.07) is 19.3. The van der Waals surface area contributed by atoms with Gasteiger partial charge in [-0.05, 0) is 56.2 Å². The zero-order valence-corrected chi connectivity index (χ0v) is 19.6. The Hall–Kier alpha value is -3.52. The number of carbonyl (C=O) groups excluding carboxylic acids is 1. The van der Waals surface area contributed by atoms with Crippen LogP contribution in [-0.4, -0.2) is 26.4 Å². The van der Waals surface area contributed by atoms with Gasteiger partial charge in [-0.2, -0.15) is 0 Å². The van der Waals surface area contributed by atoms with Crippen molar-refractivity contribution in [2.24, 2.45) is 0 Å². The molecule has 170 valence electrons. The molecule has 2 aromatic heterocycles. The van der Waals surface area contributed by atoms with Crippen molar-refractivity contribution >= 4 is 17.7 Å². The van der Waals surface area contributed by atoms with Gasteiger partial charge in [0, 0.05) is 5.69 Å². The molecule has 33 heavy (non-hydrogen) atoms. The summed E-state index contributed by atoms with van der Waals surface area (Å²) < 4.78 is 13.4. The van der Waals surface area contributed by atoms with Gasteiger partial charge in [-0.25, -0.2) is 0 Å². The largest absolute Gasteiger partial charge is 0.485 e. The molecule has 2 heterocycles. The SMILES string of the molecule is Cc1cccc(C)c1OCc1nnc(SCC(=O)N[C@H](C)c2ccco2)n1-c1ccccc1. The van der Waals surface area contributed by atoms with Gasteiger partial charge in [-0.1, -0.05) is 48.2 Å². The lowest BCUT2D eigenvalue weighted by Crippen LogP contribution is -2.28. The van der Waals surface area contributed by atoms with Crippen LogP contribution in [-0.2, 0) is 11.4 Å². The molecule has 0 spiro atoms. The number of amides is 1. The van der Waals surface area contributed by atoms with E-state index >= 15 is 0 Å². The van der Waals surface area contributed by atoms with E-state index in [-0.39, 0.29) is 24.3 Å². The second kappa shape index (κ2) is 10.4. The third kappa shape index (κ3) is 5.46. The van der Waals surface area contributed by atoms with Crippen molar-refractivity contribution in [1.82, 2.24) is 20.1 Å². The number of carbonyl (C=O) groups is 1. The normalized spacial score (nSPS) is 11.8. The Balaban J connectivity index is 1.50. The predicted octanol–water partition coefficient (Wildman–Crippen LogP) is 5.03. The van der Waals surface area contributed by atoms with E-state index in [1.54, 1.807) is 12.3 Å². The highest BCUT2D eigenvalue weighted by Crippen LogP contribution is 2.26. The van der Waals surface area contributed by atoms with E-state index in [1.807, 2.05) is 79.9 Å². The van der Waals surface area contributed by atoms with Crippen molar-refractivity contribution in [2.75, 3.05) is 5.75 Å². The second-order valence-corrected chi connectivity index (χ2v) is 8.62. The molecule has 0 bridgehead atoms. The fourth-order valence-electron chi connectivity index (χ4n) is 3.51. The van der Waals surface area contributed by atoms with Gasteiger partial charge in [-0.3, -0.25) is 9.36 Å². The average Bonchev–Trinajstić information content (AvgIpc) is 3.48. The van der Waals surface area contributed by atoms with Crippen LogP contribution in [0.2, 0.25) is 0 Å². The van der Waals surface area contributed by atoms with Crippen LogP contribution in [0.25, 0.3) is 5.69 Å². The van der Waals surface area contributed by atoms with Crippen molar-refractivity contribution in [3.63, 3.8) is 0 Å². The number of ether oxygens (including phenoxy) is 1. The second-order valence-electron chi connectivity index (χ2n) is 7.67. The smallest absolute Gasteiger partial charge is 0.231 e. The first-order valence-corrected chi connectivity index (χ1v) is 11.7. The van der Waals surface area contributed by atoms with E-state index in [4.69, 9.17) is 9.15 Å². The summed E-state index contributed by atoms with van der Waals surface area (Å²) in [6.45, 7) is 6.19. The molecule has 4 rings (SSSR count). The molecule has 8 heteroatoms. The maximum absolute atomic E-state index is 12.5. The summed E-state index contributed by atoms with van der Waals surface area (Å²) in [5.74, 6) is 2.32. The van der Waals surface area contributed by atoms with E-state index in [0.29, 0.717) is 16.7 Å². The first kappa shape index (κ1) is 22.7. The van der Waals surface area contributed by atoms with Gasteiger partial charge in [0.2, 0.25) is 5.91 Å². The number of thioether (sulfide) groups is 1. The number of para-hydroxylation sites is 2. The van der Waals surface area contributed by atoms with Crippen LogP contribution >= 0.6 is 11.8 Å². The lowest BCUT2D eigenvalue weighted by Gasteiger charge is -2.14. The highest BCUT2D eigenvalue weighted by atomic mass is 32.2. The van der Waals surface area contributed by atoms with Crippen LogP contribution in [0, 0.1) is 13.8 Å². The van der Waals surface area contributed by atoms with Crippen molar-refractivity contribution in [3.8, 4) is 11.4 Å². The van der Waals surface area contributed by atoms with Gasteiger partial charge in [0.15, 0.2) is 11.0 Å². The minimum absolute atomic E-state index is 0.111. The van der Waals surface area contributed by atoms with Gasteiger partial charge >= 0.3 is 0 Å². The highest BCUT2D eigenvalue weighted by Gasteiger charge is 2.18. The van der Waals surface area contributed by atoms with E-state index in [2.05, 4.69) is 15.5 Å². The molecular formula is C25H26N4O3S. The lowest BCUT2D eigenvalue weighted by molar-refractivity contribution is -0.119. The minimum Gasteiger partial charge on any atom is -0.485 e. The highest BCUT2D eigenvalue weighted by molar-refractivity contribution is 7.99. The topological polar surface area (TPSA) is 82.2 Å². The van der Waals surface area contributed by atoms with Crippen molar-refractivity contribution < 1.29 is 13.9 Å². The molecular weight excluding hydrogens is 436 g/mol. The Morgan fingerprint density at radius 1 is 1.06 bits per heavy atom. The molecule has 0 aliphatic heterocycles. The first-order chi connectivity index (χ1) is 16.0. The average molecular weight is 463 g/mol. The van der Waals surface area contributed by atoms with Gasteiger partial charge in [0.1, 0.15) is 18.1 Å². The lowest BCUT2D eigenvalue weighted by atomic mass is 10.1. The van der Waals surface area contributed by atoms with Crippen molar-refractivity contribution in [1.29, 1.82) is 0 Å². The summed E-state index contributed by atoms with van der Waals surface area (Å²) in [7, 11) is 0. The third-order valence-electron chi connectivity index (χ3n) is 5.15. The Labute approximate surface area is 197 Å². The quantitative estimate of drug-likeness (QED) is 0.352. The van der Waals surface area contributed by atoms with Crippen LogP contribution in [0.3, 0.4) is 0 Å². The molecule has 1 N–H and O–H groups in total. The summed E-state index contributed by atoms with van der Waals surface area (Å²) in [4.78, 5) is 12.5. The number of nitrogens with zero attached hydrogens (tertiary/aromatic N) is 3. The maximum atomic E-state index is 12.5. The molecule has 0 aliphatic rings. The number of aryl methyl sites for hydroxylation is 2. The van der Waals surface area contributed by atoms with E-state index in [0.717, 1.165) is 22.6 Å². The number of furan rings is 1. The summed E-state index contributed by atoms with van der Waals surface area (Å²) in [5.41, 5.74) is 3.05. The van der Waals surface area contributed by atoms with Crippen molar-refractivity contribution in [3.05, 3.63) is 89.6 Å². The molecule has 0 aliphatic carbocycles. The zero-order valence-electron chi connectivity index (χ0n) is 18.8. The van der Waals surface area contributed by atoms with Gasteiger partial charge < -0.3 is 14.5 Å². The summed E-state index contributed by atoms with van der Waals surface area (Å²) in [5, 5.41) is 12.3. The molecule has 0 saturated carbocycles. The molecule has 0 radical (unpaired) electrons. The van der Waals surface area contributed by atoms with Crippen LogP contribution in [0.15, 0.2) is 76.5 Å². The predicted molar refractivity (Wildman–Crippen MR) is 128 cm³/mol. The zero-order chi connectivity index (χ0) is 23.2. The maximum Gasteiger partial charge on any atom is 0.231 e. The van der Waals surface area contributed by atoms with Crippen LogP contribution in [0.4, 0.5) is 0 Å². The van der Waals surface area contributed by atoms with Gasteiger partial charge in [0.25, 0.3) is 0 Å². The van der Waals surface area contributed by atoms with Gasteiger partial charge in [-0.15, -0.1) is 10.2 Å². The molecule has 0 saturated heterocycles. The van der Waals surface area contributed by atoms with Crippen LogP contribution < -0.4 is 10.1 Å². The summed E-state index contributed by atoms with van der Waals surface area (Å²) in [6.07, 6.45) is 1.59. The fourth-order valence-corrected chi connectivity index (χ4v) is 4.29. The summed E-state index contributed by atoms with van der Waals surface area (Å²) >= 11 is 1.33. The Morgan fingerprint density at radius 2 is 1.82 bits per heavy atom. The van der Waals surface area contributed by atoms with Crippen LogP contribution in [0.1, 0.15) is 35.7 Å². The number of benzene rings is 2. The number of hydrogen-bond donors (Lipinski definition) is 1. The first-order valence-electron chi connectivity index (χ1n) is 10.7. The minimum atomic E-state index is -0.207. The molecule has 1 amide bonds. The van der Waals surface area contributed by atoms with Crippen LogP contribution in [0.5, 0.6) is 5.75 Å². The number of aromatic nitrogens is 3. The molecule has 0 unspecified atom stereocenters. The number of nitrogens with one attached hydrogen (secondary N) is 1. The number of hydrogen-bond acceptors (Lipinski definition) is 6. The molecule has 4 aromatic rings. The Morgan fingerprint density at radius 3 is 2.52 bits per heavy atom. The molecule has 0 fully saturated rings. The molecule has 2 aromatic carbocycles. The number of rotatable bonds is 9. The third-order valence-corrected chi connectivity index (χ3v) is 6.08. The standard InChI is InChI=1S/C25H26N4O3S/c1-17-9-7-10-18(2)24(17)32-15-22-27-28-25(29(22)20-11-5-4-6-12-20)33-16-23(30)26-19(3)21-13-8-14-31-21/h4-14,19H,15-16H2,1-3H3,(H,26,30)/t19-/m1/s1. The Kier molecular flexibility index (Phi) is 7.14. The molecule has 1 atom stereocenters. The molecule has 7 nitrogen and oxygen atoms in total. The van der Waals surface area contributed by atoms with Gasteiger partial charge in [0.05, 0.1) is 18.1 Å². The van der Waals surface area contributed by atoms with E-state index in [9.17, 15) is 4.79 Å². The van der Waals surface area contributed by atoms with E-state index in [1.165, 1.54) is 11.8 Å². The fraction of sp³-hybridized carbons (Fsp3) is 0.240. The monoisotopic (exact) mass is 462 g/mol. The van der Waals surface area contributed by atoms with Crippen molar-refractivity contribution in [2.45, 2.75) is 38.6 Å². The van der Waals surface area contributed by atoms with E-state index < -0.39 is 0 Å².